The first-order valence-corrected chi connectivity index (χ1v) is 12.7. The Hall–Kier alpha value is -3.71. The molecule has 184 valence electrons. The van der Waals surface area contributed by atoms with Gasteiger partial charge in [0, 0.05) is 42.2 Å². The maximum atomic E-state index is 5.91. The lowest BCUT2D eigenvalue weighted by atomic mass is 9.96. The molecule has 1 aliphatic rings. The maximum Gasteiger partial charge on any atom is 0.174 e. The fourth-order valence-corrected chi connectivity index (χ4v) is 5.29. The van der Waals surface area contributed by atoms with Crippen LogP contribution < -0.4 is 15.0 Å². The minimum atomic E-state index is -0.0832. The van der Waals surface area contributed by atoms with Crippen molar-refractivity contribution < 1.29 is 4.74 Å². The first kappa shape index (κ1) is 24.0. The Balaban J connectivity index is 1.57. The fourth-order valence-electron chi connectivity index (χ4n) is 4.95. The molecule has 1 aliphatic heterocycles. The van der Waals surface area contributed by atoms with E-state index in [1.807, 2.05) is 56.7 Å². The molecule has 5 rings (SSSR count). The van der Waals surface area contributed by atoms with Crippen LogP contribution in [0.3, 0.4) is 0 Å². The molecular weight excluding hydrogens is 466 g/mol. The number of benzene rings is 1. The van der Waals surface area contributed by atoms with Gasteiger partial charge in [-0.05, 0) is 106 Å². The van der Waals surface area contributed by atoms with Crippen molar-refractivity contribution in [2.45, 2.75) is 52.4 Å². The number of pyridine rings is 2. The van der Waals surface area contributed by atoms with Crippen molar-refractivity contribution in [1.82, 2.24) is 19.9 Å². The zero-order valence-corrected chi connectivity index (χ0v) is 21.9. The van der Waals surface area contributed by atoms with E-state index in [0.717, 1.165) is 23.7 Å². The van der Waals surface area contributed by atoms with Crippen LogP contribution in [0.2, 0.25) is 0 Å². The maximum absolute atomic E-state index is 5.91. The van der Waals surface area contributed by atoms with E-state index in [2.05, 4.69) is 75.0 Å². The number of nitrogens with zero attached hydrogens (tertiary/aromatic N) is 4. The summed E-state index contributed by atoms with van der Waals surface area (Å²) >= 11 is 5.91. The highest BCUT2D eigenvalue weighted by atomic mass is 32.1. The van der Waals surface area contributed by atoms with Crippen molar-refractivity contribution in [1.29, 1.82) is 0 Å². The van der Waals surface area contributed by atoms with Gasteiger partial charge in [-0.25, -0.2) is 0 Å². The lowest BCUT2D eigenvalue weighted by Gasteiger charge is -2.28. The predicted molar refractivity (Wildman–Crippen MR) is 147 cm³/mol. The average Bonchev–Trinajstić information content (AvgIpc) is 3.36. The predicted octanol–water partition coefficient (Wildman–Crippen LogP) is 5.91. The Morgan fingerprint density at radius 3 is 2.42 bits per heavy atom. The summed E-state index contributed by atoms with van der Waals surface area (Å²) < 4.78 is 8.23. The van der Waals surface area contributed by atoms with E-state index in [1.54, 1.807) is 0 Å². The van der Waals surface area contributed by atoms with E-state index in [-0.39, 0.29) is 18.2 Å². The van der Waals surface area contributed by atoms with Crippen molar-refractivity contribution in [2.24, 2.45) is 0 Å². The first-order chi connectivity index (χ1) is 17.4. The quantitative estimate of drug-likeness (QED) is 0.321. The molecule has 0 aliphatic carbocycles. The monoisotopic (exact) mass is 497 g/mol. The smallest absolute Gasteiger partial charge is 0.174 e. The molecule has 1 saturated heterocycles. The molecule has 0 amide bonds. The SMILES string of the molecule is Cc1cc([C@@H]2[C@H](c3ccccn3)NC(=S)N2c2ccc(OC(C)C)cc2)c(C)n1Cc1ccncc1. The van der Waals surface area contributed by atoms with Gasteiger partial charge in [0.05, 0.1) is 23.9 Å². The highest BCUT2D eigenvalue weighted by Crippen LogP contribution is 2.43. The summed E-state index contributed by atoms with van der Waals surface area (Å²) in [5.74, 6) is 0.847. The number of aryl methyl sites for hydroxylation is 1. The van der Waals surface area contributed by atoms with Gasteiger partial charge in [-0.3, -0.25) is 9.97 Å². The molecular formula is C29H31N5OS. The van der Waals surface area contributed by atoms with Gasteiger partial charge in [0.15, 0.2) is 5.11 Å². The number of anilines is 1. The Morgan fingerprint density at radius 2 is 1.75 bits per heavy atom. The molecule has 0 radical (unpaired) electrons. The number of aromatic nitrogens is 3. The number of hydrogen-bond donors (Lipinski definition) is 1. The number of hydrogen-bond acceptors (Lipinski definition) is 4. The minimum Gasteiger partial charge on any atom is -0.491 e. The van der Waals surface area contributed by atoms with Crippen LogP contribution in [0.5, 0.6) is 5.75 Å². The average molecular weight is 498 g/mol. The highest BCUT2D eigenvalue weighted by molar-refractivity contribution is 7.80. The molecule has 1 N–H and O–H groups in total. The molecule has 7 heteroatoms. The normalized spacial score (nSPS) is 17.5. The van der Waals surface area contributed by atoms with Gasteiger partial charge in [0.25, 0.3) is 0 Å². The third-order valence-electron chi connectivity index (χ3n) is 6.61. The number of rotatable bonds is 7. The topological polar surface area (TPSA) is 55.2 Å². The van der Waals surface area contributed by atoms with Gasteiger partial charge < -0.3 is 19.5 Å². The zero-order valence-electron chi connectivity index (χ0n) is 21.1. The molecule has 4 heterocycles. The van der Waals surface area contributed by atoms with E-state index in [4.69, 9.17) is 17.0 Å². The number of thiocarbonyl (C=S) groups is 1. The van der Waals surface area contributed by atoms with Crippen LogP contribution in [0.15, 0.2) is 79.3 Å². The van der Waals surface area contributed by atoms with Crippen LogP contribution in [0.1, 0.15) is 54.1 Å². The summed E-state index contributed by atoms with van der Waals surface area (Å²) in [6, 6.07) is 20.5. The largest absolute Gasteiger partial charge is 0.491 e. The molecule has 0 saturated carbocycles. The molecule has 36 heavy (non-hydrogen) atoms. The number of ether oxygens (including phenoxy) is 1. The molecule has 6 nitrogen and oxygen atoms in total. The Bertz CT molecular complexity index is 1340. The molecule has 2 atom stereocenters. The van der Waals surface area contributed by atoms with Crippen LogP contribution in [-0.4, -0.2) is 25.8 Å². The third-order valence-corrected chi connectivity index (χ3v) is 6.92. The summed E-state index contributed by atoms with van der Waals surface area (Å²) in [5.41, 5.74) is 6.85. The van der Waals surface area contributed by atoms with Crippen molar-refractivity contribution >= 4 is 23.0 Å². The summed E-state index contributed by atoms with van der Waals surface area (Å²) in [5, 5.41) is 4.25. The van der Waals surface area contributed by atoms with Crippen molar-refractivity contribution in [3.63, 3.8) is 0 Å². The van der Waals surface area contributed by atoms with Crippen molar-refractivity contribution in [3.05, 3.63) is 107 Å². The van der Waals surface area contributed by atoms with E-state index in [9.17, 15) is 0 Å². The molecule has 0 spiro atoms. The Kier molecular flexibility index (Phi) is 6.74. The van der Waals surface area contributed by atoms with Gasteiger partial charge in [-0.2, -0.15) is 0 Å². The summed E-state index contributed by atoms with van der Waals surface area (Å²) in [4.78, 5) is 11.1. The van der Waals surface area contributed by atoms with Crippen LogP contribution in [-0.2, 0) is 6.54 Å². The minimum absolute atomic E-state index is 0.0540. The lowest BCUT2D eigenvalue weighted by molar-refractivity contribution is 0.242. The summed E-state index contributed by atoms with van der Waals surface area (Å²) in [6.07, 6.45) is 5.65. The first-order valence-electron chi connectivity index (χ1n) is 12.3. The molecule has 1 aromatic carbocycles. The fraction of sp³-hybridized carbons (Fsp3) is 0.276. The van der Waals surface area contributed by atoms with E-state index in [1.165, 1.54) is 22.5 Å². The standard InChI is InChI=1S/C29H31N5OS/c1-19(2)35-24-10-8-23(9-11-24)34-28(27(32-29(34)36)26-7-5-6-14-31-26)25-17-20(3)33(21(25)4)18-22-12-15-30-16-13-22/h5-17,19,27-28H,18H2,1-4H3,(H,32,36)/t27-,28+/m0/s1. The molecule has 1 fully saturated rings. The molecule has 3 aromatic heterocycles. The summed E-state index contributed by atoms with van der Waals surface area (Å²) in [7, 11) is 0. The lowest BCUT2D eigenvalue weighted by Crippen LogP contribution is -2.29. The van der Waals surface area contributed by atoms with Crippen molar-refractivity contribution in [3.8, 4) is 5.75 Å². The Morgan fingerprint density at radius 1 is 1.00 bits per heavy atom. The third kappa shape index (κ3) is 4.71. The second kappa shape index (κ2) is 10.1. The van der Waals surface area contributed by atoms with Gasteiger partial charge in [0.2, 0.25) is 0 Å². The van der Waals surface area contributed by atoms with E-state index >= 15 is 0 Å². The zero-order chi connectivity index (χ0) is 25.2. The second-order valence-electron chi connectivity index (χ2n) is 9.43. The highest BCUT2D eigenvalue weighted by Gasteiger charge is 2.42. The number of nitrogens with one attached hydrogen (secondary N) is 1. The van der Waals surface area contributed by atoms with Crippen LogP contribution >= 0.6 is 12.2 Å². The van der Waals surface area contributed by atoms with Gasteiger partial charge in [-0.1, -0.05) is 6.07 Å². The molecule has 4 aromatic rings. The van der Waals surface area contributed by atoms with E-state index < -0.39 is 0 Å². The van der Waals surface area contributed by atoms with Crippen molar-refractivity contribution in [2.75, 3.05) is 4.90 Å². The van der Waals surface area contributed by atoms with Crippen LogP contribution in [0, 0.1) is 13.8 Å². The van der Waals surface area contributed by atoms with E-state index in [0.29, 0.717) is 5.11 Å². The van der Waals surface area contributed by atoms with Crippen LogP contribution in [0.25, 0.3) is 0 Å². The van der Waals surface area contributed by atoms with Crippen LogP contribution in [0.4, 0.5) is 5.69 Å². The summed E-state index contributed by atoms with van der Waals surface area (Å²) in [6.45, 7) is 9.21. The second-order valence-corrected chi connectivity index (χ2v) is 9.81. The molecule has 0 bridgehead atoms. The van der Waals surface area contributed by atoms with Gasteiger partial charge in [-0.15, -0.1) is 0 Å². The van der Waals surface area contributed by atoms with Gasteiger partial charge >= 0.3 is 0 Å². The van der Waals surface area contributed by atoms with Gasteiger partial charge in [0.1, 0.15) is 5.75 Å². The molecule has 0 unspecified atom stereocenters. The Labute approximate surface area is 218 Å².